The molecule has 4 nitrogen and oxygen atoms in total. The van der Waals surface area contributed by atoms with Gasteiger partial charge in [0, 0.05) is 12.4 Å². The maximum absolute atomic E-state index is 10.8. The number of rotatable bonds is 2. The highest BCUT2D eigenvalue weighted by Crippen LogP contribution is 1.84. The molecule has 0 aliphatic rings. The van der Waals surface area contributed by atoms with E-state index in [-0.39, 0.29) is 5.69 Å². The molecule has 0 saturated heterocycles. The number of nitrogens with one attached hydrogen (secondary N) is 1. The molecule has 1 unspecified atom stereocenters. The van der Waals surface area contributed by atoms with Crippen molar-refractivity contribution in [3.63, 3.8) is 0 Å². The summed E-state index contributed by atoms with van der Waals surface area (Å²) in [6.45, 7) is 1.99. The summed E-state index contributed by atoms with van der Waals surface area (Å²) in [5, 5.41) is 8.88. The minimum Gasteiger partial charge on any atom is -0.392 e. The van der Waals surface area contributed by atoms with Crippen LogP contribution in [0.2, 0.25) is 0 Å². The van der Waals surface area contributed by atoms with Gasteiger partial charge in [0.05, 0.1) is 12.6 Å². The molecule has 10 heavy (non-hydrogen) atoms. The zero-order valence-electron chi connectivity index (χ0n) is 5.74. The molecule has 1 atom stereocenters. The molecule has 0 fully saturated rings. The third-order valence-corrected chi connectivity index (χ3v) is 1.18. The van der Waals surface area contributed by atoms with Crippen LogP contribution in [0.5, 0.6) is 0 Å². The maximum Gasteiger partial charge on any atom is 0.325 e. The molecule has 4 heteroatoms. The van der Waals surface area contributed by atoms with Crippen LogP contribution >= 0.6 is 0 Å². The second kappa shape index (κ2) is 2.70. The summed E-state index contributed by atoms with van der Waals surface area (Å²) in [6, 6.07) is 0. The lowest BCUT2D eigenvalue weighted by atomic mass is 10.4. The molecule has 0 aromatic carbocycles. The fourth-order valence-corrected chi connectivity index (χ4v) is 0.778. The standard InChI is InChI=1S/C6H10N2O2/c1-5(9)4-8-3-2-7-6(8)10/h2-3,5,9H,4H2,1H3,(H,7,10). The fourth-order valence-electron chi connectivity index (χ4n) is 0.778. The van der Waals surface area contributed by atoms with E-state index in [2.05, 4.69) is 4.98 Å². The Morgan fingerprint density at radius 2 is 2.60 bits per heavy atom. The van der Waals surface area contributed by atoms with Crippen LogP contribution in [0.3, 0.4) is 0 Å². The normalized spacial score (nSPS) is 13.4. The van der Waals surface area contributed by atoms with Crippen molar-refractivity contribution in [1.29, 1.82) is 0 Å². The van der Waals surface area contributed by atoms with Crippen LogP contribution in [0, 0.1) is 0 Å². The van der Waals surface area contributed by atoms with Gasteiger partial charge in [0.2, 0.25) is 0 Å². The van der Waals surface area contributed by atoms with Crippen molar-refractivity contribution < 1.29 is 5.11 Å². The highest BCUT2D eigenvalue weighted by molar-refractivity contribution is 4.76. The number of H-pyrrole nitrogens is 1. The highest BCUT2D eigenvalue weighted by Gasteiger charge is 1.98. The summed E-state index contributed by atoms with van der Waals surface area (Å²) in [4.78, 5) is 13.2. The van der Waals surface area contributed by atoms with Crippen molar-refractivity contribution in [2.75, 3.05) is 0 Å². The first kappa shape index (κ1) is 7.08. The van der Waals surface area contributed by atoms with Crippen molar-refractivity contribution in [2.45, 2.75) is 19.6 Å². The SMILES string of the molecule is CC(O)Cn1cc[nH]c1=O. The van der Waals surface area contributed by atoms with Crippen LogP contribution in [0.1, 0.15) is 6.92 Å². The van der Waals surface area contributed by atoms with Crippen molar-refractivity contribution in [1.82, 2.24) is 9.55 Å². The predicted octanol–water partition coefficient (Wildman–Crippen LogP) is -0.443. The van der Waals surface area contributed by atoms with Crippen molar-refractivity contribution in [2.24, 2.45) is 0 Å². The summed E-state index contributed by atoms with van der Waals surface area (Å²) in [6.07, 6.45) is 2.67. The van der Waals surface area contributed by atoms with Crippen molar-refractivity contribution >= 4 is 0 Å². The zero-order valence-corrected chi connectivity index (χ0v) is 5.74. The summed E-state index contributed by atoms with van der Waals surface area (Å²) in [5.74, 6) is 0. The Kier molecular flexibility index (Phi) is 1.91. The number of aliphatic hydroxyl groups excluding tert-OH is 1. The summed E-state index contributed by atoms with van der Waals surface area (Å²) in [5.41, 5.74) is -0.180. The summed E-state index contributed by atoms with van der Waals surface area (Å²) in [7, 11) is 0. The lowest BCUT2D eigenvalue weighted by molar-refractivity contribution is 0.172. The summed E-state index contributed by atoms with van der Waals surface area (Å²) >= 11 is 0. The maximum atomic E-state index is 10.8. The average molecular weight is 142 g/mol. The van der Waals surface area contributed by atoms with E-state index in [9.17, 15) is 4.79 Å². The van der Waals surface area contributed by atoms with Crippen LogP contribution in [-0.4, -0.2) is 20.8 Å². The second-order valence-electron chi connectivity index (χ2n) is 2.27. The van der Waals surface area contributed by atoms with E-state index in [1.54, 1.807) is 19.3 Å². The number of imidazole rings is 1. The molecule has 0 aliphatic carbocycles. The Balaban J connectivity index is 2.75. The van der Waals surface area contributed by atoms with Crippen LogP contribution in [0.25, 0.3) is 0 Å². The second-order valence-corrected chi connectivity index (χ2v) is 2.27. The quantitative estimate of drug-likeness (QED) is 0.588. The van der Waals surface area contributed by atoms with E-state index in [0.29, 0.717) is 6.54 Å². The van der Waals surface area contributed by atoms with Gasteiger partial charge in [0.25, 0.3) is 0 Å². The van der Waals surface area contributed by atoms with E-state index >= 15 is 0 Å². The van der Waals surface area contributed by atoms with Gasteiger partial charge in [-0.2, -0.15) is 0 Å². The molecular weight excluding hydrogens is 132 g/mol. The Bertz CT molecular complexity index is 248. The number of aliphatic hydroxyl groups is 1. The number of hydrogen-bond donors (Lipinski definition) is 2. The summed E-state index contributed by atoms with van der Waals surface area (Å²) < 4.78 is 1.42. The average Bonchev–Trinajstić information content (AvgIpc) is 2.15. The minimum absolute atomic E-state index is 0.180. The number of aromatic nitrogens is 2. The van der Waals surface area contributed by atoms with E-state index < -0.39 is 6.10 Å². The largest absolute Gasteiger partial charge is 0.392 e. The van der Waals surface area contributed by atoms with Gasteiger partial charge < -0.3 is 10.1 Å². The van der Waals surface area contributed by atoms with Crippen LogP contribution in [0.4, 0.5) is 0 Å². The molecule has 0 saturated carbocycles. The smallest absolute Gasteiger partial charge is 0.325 e. The Hall–Kier alpha value is -1.03. The Morgan fingerprint density at radius 1 is 1.90 bits per heavy atom. The van der Waals surface area contributed by atoms with Gasteiger partial charge in [-0.25, -0.2) is 4.79 Å². The Morgan fingerprint density at radius 3 is 3.00 bits per heavy atom. The number of hydrogen-bond acceptors (Lipinski definition) is 2. The molecule has 0 spiro atoms. The first-order valence-corrected chi connectivity index (χ1v) is 3.12. The lowest BCUT2D eigenvalue weighted by Crippen LogP contribution is -2.22. The van der Waals surface area contributed by atoms with E-state index in [1.165, 1.54) is 4.57 Å². The molecule has 0 aliphatic heterocycles. The fraction of sp³-hybridized carbons (Fsp3) is 0.500. The van der Waals surface area contributed by atoms with E-state index in [1.807, 2.05) is 0 Å². The third kappa shape index (κ3) is 1.48. The zero-order chi connectivity index (χ0) is 7.56. The van der Waals surface area contributed by atoms with E-state index in [0.717, 1.165) is 0 Å². The monoisotopic (exact) mass is 142 g/mol. The first-order chi connectivity index (χ1) is 4.70. The number of nitrogens with zero attached hydrogens (tertiary/aromatic N) is 1. The molecule has 2 N–H and O–H groups in total. The van der Waals surface area contributed by atoms with Gasteiger partial charge in [-0.05, 0) is 6.92 Å². The van der Waals surface area contributed by atoms with Gasteiger partial charge in [0.1, 0.15) is 0 Å². The minimum atomic E-state index is -0.478. The van der Waals surface area contributed by atoms with Crippen LogP contribution in [-0.2, 0) is 6.54 Å². The van der Waals surface area contributed by atoms with Crippen molar-refractivity contribution in [3.05, 3.63) is 22.9 Å². The van der Waals surface area contributed by atoms with Gasteiger partial charge in [-0.1, -0.05) is 0 Å². The van der Waals surface area contributed by atoms with Crippen LogP contribution in [0.15, 0.2) is 17.2 Å². The van der Waals surface area contributed by atoms with Crippen LogP contribution < -0.4 is 5.69 Å². The van der Waals surface area contributed by atoms with E-state index in [4.69, 9.17) is 5.11 Å². The van der Waals surface area contributed by atoms with Gasteiger partial charge >= 0.3 is 5.69 Å². The molecule has 1 aromatic rings. The molecular formula is C6H10N2O2. The molecule has 0 amide bonds. The molecule has 56 valence electrons. The Labute approximate surface area is 58.1 Å². The van der Waals surface area contributed by atoms with Crippen molar-refractivity contribution in [3.8, 4) is 0 Å². The highest BCUT2D eigenvalue weighted by atomic mass is 16.3. The molecule has 1 heterocycles. The first-order valence-electron chi connectivity index (χ1n) is 3.12. The topological polar surface area (TPSA) is 58.0 Å². The van der Waals surface area contributed by atoms with Gasteiger partial charge in [-0.15, -0.1) is 0 Å². The molecule has 1 aromatic heterocycles. The molecule has 0 radical (unpaired) electrons. The predicted molar refractivity (Wildman–Crippen MR) is 36.7 cm³/mol. The lowest BCUT2D eigenvalue weighted by Gasteiger charge is -2.01. The number of aromatic amines is 1. The van der Waals surface area contributed by atoms with Gasteiger partial charge in [0.15, 0.2) is 0 Å². The molecule has 1 rings (SSSR count). The van der Waals surface area contributed by atoms with Gasteiger partial charge in [-0.3, -0.25) is 4.57 Å². The molecule has 0 bridgehead atoms. The third-order valence-electron chi connectivity index (χ3n) is 1.18.